The quantitative estimate of drug-likeness (QED) is 0.765. The van der Waals surface area contributed by atoms with E-state index < -0.39 is 0 Å². The summed E-state index contributed by atoms with van der Waals surface area (Å²) in [5.41, 5.74) is 2.48. The lowest BCUT2D eigenvalue weighted by molar-refractivity contribution is 0.0125. The molecule has 6 nitrogen and oxygen atoms in total. The minimum absolute atomic E-state index is 0.451. The molecule has 1 fully saturated rings. The van der Waals surface area contributed by atoms with Crippen molar-refractivity contribution < 1.29 is 4.74 Å². The van der Waals surface area contributed by atoms with E-state index >= 15 is 0 Å². The highest BCUT2D eigenvalue weighted by Gasteiger charge is 2.17. The summed E-state index contributed by atoms with van der Waals surface area (Å²) in [6.45, 7) is 6.07. The van der Waals surface area contributed by atoms with Crippen molar-refractivity contribution in [3.8, 4) is 0 Å². The van der Waals surface area contributed by atoms with Crippen LogP contribution in [0.5, 0.6) is 0 Å². The molecule has 0 amide bonds. The van der Waals surface area contributed by atoms with Crippen molar-refractivity contribution >= 4 is 5.82 Å². The molecule has 6 heteroatoms. The maximum absolute atomic E-state index is 5.99. The van der Waals surface area contributed by atoms with E-state index in [2.05, 4.69) is 32.5 Å². The van der Waals surface area contributed by atoms with Crippen LogP contribution >= 0.6 is 0 Å². The minimum Gasteiger partial charge on any atom is -0.378 e. The summed E-state index contributed by atoms with van der Waals surface area (Å²) in [6, 6.07) is 0. The predicted octanol–water partition coefficient (Wildman–Crippen LogP) is 1.08. The third-order valence-electron chi connectivity index (χ3n) is 4.76. The number of ether oxygens (including phenoxy) is 1. The normalized spacial score (nSPS) is 20.0. The molecule has 1 aromatic rings. The fourth-order valence-corrected chi connectivity index (χ4v) is 3.30. The summed E-state index contributed by atoms with van der Waals surface area (Å²) in [4.78, 5) is 11.2. The fraction of sp³-hybridized carbons (Fsp3) is 0.765. The number of hydrogen-bond donors (Lipinski definition) is 2. The summed E-state index contributed by atoms with van der Waals surface area (Å²) < 4.78 is 5.99. The van der Waals surface area contributed by atoms with Crippen LogP contribution in [0.25, 0.3) is 0 Å². The fourth-order valence-electron chi connectivity index (χ4n) is 3.30. The Balaban J connectivity index is 1.39. The molecule has 0 unspecified atom stereocenters. The number of anilines is 1. The van der Waals surface area contributed by atoms with Gasteiger partial charge in [-0.15, -0.1) is 0 Å². The van der Waals surface area contributed by atoms with Gasteiger partial charge in [-0.3, -0.25) is 0 Å². The highest BCUT2D eigenvalue weighted by molar-refractivity contribution is 5.46. The maximum atomic E-state index is 5.99. The Kier molecular flexibility index (Phi) is 6.19. The van der Waals surface area contributed by atoms with Gasteiger partial charge in [0.25, 0.3) is 0 Å². The molecule has 0 aliphatic carbocycles. The Hall–Kier alpha value is -1.24. The molecule has 1 aromatic heterocycles. The highest BCUT2D eigenvalue weighted by atomic mass is 16.5. The molecule has 1 saturated heterocycles. The first-order valence-electron chi connectivity index (χ1n) is 8.90. The third-order valence-corrected chi connectivity index (χ3v) is 4.76. The Morgan fingerprint density at radius 3 is 2.96 bits per heavy atom. The Morgan fingerprint density at radius 2 is 2.09 bits per heavy atom. The van der Waals surface area contributed by atoms with E-state index in [4.69, 9.17) is 4.74 Å². The van der Waals surface area contributed by atoms with E-state index in [0.29, 0.717) is 6.10 Å². The summed E-state index contributed by atoms with van der Waals surface area (Å²) in [5.74, 6) is 1.01. The third kappa shape index (κ3) is 4.86. The first-order valence-corrected chi connectivity index (χ1v) is 8.90. The molecule has 3 rings (SSSR count). The van der Waals surface area contributed by atoms with Gasteiger partial charge in [0.15, 0.2) is 0 Å². The number of likely N-dealkylation sites (tertiary alicyclic amines) is 1. The topological polar surface area (TPSA) is 62.3 Å². The van der Waals surface area contributed by atoms with Crippen LogP contribution in [0.3, 0.4) is 0 Å². The van der Waals surface area contributed by atoms with Gasteiger partial charge in [0, 0.05) is 44.8 Å². The summed E-state index contributed by atoms with van der Waals surface area (Å²) >= 11 is 0. The van der Waals surface area contributed by atoms with E-state index in [1.165, 1.54) is 11.3 Å². The van der Waals surface area contributed by atoms with Crippen molar-refractivity contribution in [2.24, 2.45) is 0 Å². The van der Waals surface area contributed by atoms with Crippen molar-refractivity contribution in [2.75, 3.05) is 51.7 Å². The minimum atomic E-state index is 0.451. The molecule has 2 N–H and O–H groups in total. The second-order valence-electron chi connectivity index (χ2n) is 6.55. The van der Waals surface area contributed by atoms with Crippen LogP contribution in [0.15, 0.2) is 6.33 Å². The van der Waals surface area contributed by atoms with Crippen molar-refractivity contribution in [3.63, 3.8) is 0 Å². The highest BCUT2D eigenvalue weighted by Crippen LogP contribution is 2.18. The number of aromatic nitrogens is 2. The van der Waals surface area contributed by atoms with Gasteiger partial charge >= 0.3 is 0 Å². The van der Waals surface area contributed by atoms with E-state index in [0.717, 1.165) is 77.3 Å². The second kappa shape index (κ2) is 8.57. The van der Waals surface area contributed by atoms with Gasteiger partial charge in [0.2, 0.25) is 0 Å². The number of nitrogens with zero attached hydrogens (tertiary/aromatic N) is 3. The number of nitrogens with one attached hydrogen (secondary N) is 2. The van der Waals surface area contributed by atoms with Gasteiger partial charge in [-0.1, -0.05) is 0 Å². The summed E-state index contributed by atoms with van der Waals surface area (Å²) in [5, 5.41) is 6.90. The summed E-state index contributed by atoms with van der Waals surface area (Å²) in [7, 11) is 2.18. The molecular formula is C17H29N5O. The van der Waals surface area contributed by atoms with Crippen LogP contribution in [-0.4, -0.2) is 67.4 Å². The second-order valence-corrected chi connectivity index (χ2v) is 6.55. The molecule has 0 bridgehead atoms. The van der Waals surface area contributed by atoms with E-state index in [9.17, 15) is 0 Å². The number of rotatable bonds is 6. The van der Waals surface area contributed by atoms with E-state index in [1.807, 2.05) is 0 Å². The molecule has 2 aliphatic heterocycles. The van der Waals surface area contributed by atoms with Crippen LogP contribution in [0, 0.1) is 0 Å². The molecule has 3 heterocycles. The lowest BCUT2D eigenvalue weighted by Gasteiger charge is -2.28. The van der Waals surface area contributed by atoms with Gasteiger partial charge in [0.1, 0.15) is 12.1 Å². The smallest absolute Gasteiger partial charge is 0.132 e. The molecule has 0 radical (unpaired) electrons. The number of piperidine rings is 1. The predicted molar refractivity (Wildman–Crippen MR) is 91.9 cm³/mol. The zero-order valence-corrected chi connectivity index (χ0v) is 14.2. The Morgan fingerprint density at radius 1 is 1.26 bits per heavy atom. The average Bonchev–Trinajstić information content (AvgIpc) is 2.82. The van der Waals surface area contributed by atoms with E-state index in [1.54, 1.807) is 6.33 Å². The largest absolute Gasteiger partial charge is 0.378 e. The maximum Gasteiger partial charge on any atom is 0.132 e. The molecule has 0 aromatic carbocycles. The molecule has 23 heavy (non-hydrogen) atoms. The number of hydrogen-bond acceptors (Lipinski definition) is 6. The van der Waals surface area contributed by atoms with Crippen molar-refractivity contribution in [2.45, 2.75) is 38.2 Å². The van der Waals surface area contributed by atoms with Crippen molar-refractivity contribution in [1.29, 1.82) is 0 Å². The molecule has 0 spiro atoms. The Labute approximate surface area is 139 Å². The van der Waals surface area contributed by atoms with E-state index in [-0.39, 0.29) is 0 Å². The van der Waals surface area contributed by atoms with Crippen LogP contribution in [0.1, 0.15) is 30.5 Å². The Bertz CT molecular complexity index is 488. The van der Waals surface area contributed by atoms with Crippen LogP contribution < -0.4 is 10.6 Å². The lowest BCUT2D eigenvalue weighted by atomic mass is 10.1. The molecule has 128 valence electrons. The van der Waals surface area contributed by atoms with Crippen LogP contribution in [-0.2, 0) is 17.6 Å². The molecule has 0 saturated carbocycles. The van der Waals surface area contributed by atoms with Gasteiger partial charge in [0.05, 0.1) is 11.8 Å². The average molecular weight is 319 g/mol. The SMILES string of the molecule is CN1CCC(OCCCNc2ncnc3c2CCNCC3)CC1. The van der Waals surface area contributed by atoms with Gasteiger partial charge in [-0.05, 0) is 39.3 Å². The monoisotopic (exact) mass is 319 g/mol. The molecule has 2 aliphatic rings. The summed E-state index contributed by atoms with van der Waals surface area (Å²) in [6.07, 6.45) is 7.47. The van der Waals surface area contributed by atoms with Crippen molar-refractivity contribution in [3.05, 3.63) is 17.6 Å². The number of fused-ring (bicyclic) bond motifs is 1. The standard InChI is InChI=1S/C17H29N5O/c1-22-10-5-14(6-11-22)23-12-2-7-19-17-15-3-8-18-9-4-16(15)20-13-21-17/h13-14,18H,2-12H2,1H3,(H,19,20,21). The first kappa shape index (κ1) is 16.6. The lowest BCUT2D eigenvalue weighted by Crippen LogP contribution is -2.34. The van der Waals surface area contributed by atoms with Crippen LogP contribution in [0.2, 0.25) is 0 Å². The first-order chi connectivity index (χ1) is 11.3. The van der Waals surface area contributed by atoms with Gasteiger partial charge in [-0.2, -0.15) is 0 Å². The van der Waals surface area contributed by atoms with Gasteiger partial charge in [-0.25, -0.2) is 9.97 Å². The molecule has 0 atom stereocenters. The van der Waals surface area contributed by atoms with Crippen LogP contribution in [0.4, 0.5) is 5.82 Å². The zero-order valence-electron chi connectivity index (χ0n) is 14.2. The molecular weight excluding hydrogens is 290 g/mol. The van der Waals surface area contributed by atoms with Crippen molar-refractivity contribution in [1.82, 2.24) is 20.2 Å². The zero-order chi connectivity index (χ0) is 15.9. The van der Waals surface area contributed by atoms with Gasteiger partial charge < -0.3 is 20.3 Å².